The fourth-order valence-corrected chi connectivity index (χ4v) is 6.79. The highest BCUT2D eigenvalue weighted by Gasteiger charge is 2.45. The Morgan fingerprint density at radius 2 is 1.62 bits per heavy atom. The number of ether oxygens (including phenoxy) is 1. The van der Waals surface area contributed by atoms with Crippen LogP contribution in [0.1, 0.15) is 92.9 Å². The van der Waals surface area contributed by atoms with Gasteiger partial charge in [-0.1, -0.05) is 18.9 Å². The molecular formula is C33H48N6O6. The fourth-order valence-electron chi connectivity index (χ4n) is 6.79. The normalized spacial score (nSPS) is 22.1. The molecule has 2 N–H and O–H groups in total. The average Bonchev–Trinajstić information content (AvgIpc) is 3.26. The van der Waals surface area contributed by atoms with Crippen molar-refractivity contribution < 1.29 is 28.7 Å². The lowest BCUT2D eigenvalue weighted by Crippen LogP contribution is -2.54. The topological polar surface area (TPSA) is 132 Å². The van der Waals surface area contributed by atoms with Gasteiger partial charge in [0.1, 0.15) is 11.6 Å². The Kier molecular flexibility index (Phi) is 10.4. The maximum atomic E-state index is 13.2. The molecule has 5 rings (SSSR count). The Morgan fingerprint density at radius 3 is 2.31 bits per heavy atom. The maximum Gasteiger partial charge on any atom is 0.410 e. The molecule has 4 aliphatic heterocycles. The first-order valence-corrected chi connectivity index (χ1v) is 16.5. The highest BCUT2D eigenvalue weighted by atomic mass is 16.6. The van der Waals surface area contributed by atoms with Crippen LogP contribution in [0.5, 0.6) is 0 Å². The molecule has 3 fully saturated rings. The van der Waals surface area contributed by atoms with Crippen LogP contribution in [-0.2, 0) is 14.3 Å². The molecule has 246 valence electrons. The molecule has 4 heterocycles. The lowest BCUT2D eigenvalue weighted by molar-refractivity contribution is -0.136. The predicted molar refractivity (Wildman–Crippen MR) is 169 cm³/mol. The van der Waals surface area contributed by atoms with Crippen molar-refractivity contribution in [1.29, 1.82) is 0 Å². The van der Waals surface area contributed by atoms with Crippen molar-refractivity contribution in [3.05, 3.63) is 29.3 Å². The standard InChI is InChI=1S/C33H48N6O6/c1-33(2,3)45-32(44)38-17-13-23(14-18-38)37-21-19-36(20-22-37)16-7-5-4-6-15-34-25-10-8-9-24-28(25)31(43)39(30(24)42)26-11-12-27(40)35-29(26)41/h8-10,23,26,34H,4-7,11-22H2,1-3H3,(H,35,40,41). The number of nitrogens with zero attached hydrogens (tertiary/aromatic N) is 4. The summed E-state index contributed by atoms with van der Waals surface area (Å²) in [6.07, 6.45) is 6.32. The van der Waals surface area contributed by atoms with Crippen LogP contribution in [0, 0.1) is 0 Å². The highest BCUT2D eigenvalue weighted by molar-refractivity contribution is 6.25. The van der Waals surface area contributed by atoms with Gasteiger partial charge in [-0.15, -0.1) is 0 Å². The lowest BCUT2D eigenvalue weighted by atomic mass is 10.0. The van der Waals surface area contributed by atoms with Gasteiger partial charge in [0.05, 0.1) is 11.1 Å². The second kappa shape index (κ2) is 14.3. The second-order valence-electron chi connectivity index (χ2n) is 13.6. The molecule has 4 aliphatic rings. The first kappa shape index (κ1) is 32.9. The summed E-state index contributed by atoms with van der Waals surface area (Å²) in [7, 11) is 0. The van der Waals surface area contributed by atoms with E-state index in [0.717, 1.165) is 89.2 Å². The van der Waals surface area contributed by atoms with Crippen LogP contribution in [-0.4, -0.2) is 119 Å². The third-order valence-corrected chi connectivity index (χ3v) is 9.22. The number of hydrogen-bond acceptors (Lipinski definition) is 9. The summed E-state index contributed by atoms with van der Waals surface area (Å²) in [6.45, 7) is 13.3. The number of piperidine rings is 2. The molecule has 1 aromatic carbocycles. The summed E-state index contributed by atoms with van der Waals surface area (Å²) in [5.74, 6) is -1.96. The summed E-state index contributed by atoms with van der Waals surface area (Å²) >= 11 is 0. The van der Waals surface area contributed by atoms with Gasteiger partial charge in [-0.3, -0.25) is 34.3 Å². The number of carbonyl (C=O) groups is 5. The van der Waals surface area contributed by atoms with Gasteiger partial charge in [0, 0.05) is 64.0 Å². The number of rotatable bonds is 10. The van der Waals surface area contributed by atoms with Gasteiger partial charge < -0.3 is 19.9 Å². The number of carbonyl (C=O) groups excluding carboxylic acids is 5. The van der Waals surface area contributed by atoms with Crippen molar-refractivity contribution >= 4 is 35.4 Å². The minimum Gasteiger partial charge on any atom is -0.444 e. The van der Waals surface area contributed by atoms with E-state index in [1.807, 2.05) is 25.7 Å². The van der Waals surface area contributed by atoms with Gasteiger partial charge in [0.15, 0.2) is 0 Å². The van der Waals surface area contributed by atoms with Crippen LogP contribution < -0.4 is 10.6 Å². The van der Waals surface area contributed by atoms with Crippen LogP contribution in [0.3, 0.4) is 0 Å². The SMILES string of the molecule is CC(C)(C)OC(=O)N1CCC(N2CCN(CCCCCCNc3cccc4c3C(=O)N(C3CCC(=O)NC3=O)C4=O)CC2)CC1. The zero-order valence-corrected chi connectivity index (χ0v) is 26.9. The molecule has 5 amide bonds. The average molecular weight is 625 g/mol. The number of likely N-dealkylation sites (tertiary alicyclic amines) is 1. The maximum absolute atomic E-state index is 13.2. The van der Waals surface area contributed by atoms with E-state index in [-0.39, 0.29) is 24.8 Å². The zero-order valence-electron chi connectivity index (χ0n) is 26.9. The molecule has 0 aromatic heterocycles. The van der Waals surface area contributed by atoms with Crippen LogP contribution in [0.15, 0.2) is 18.2 Å². The number of fused-ring (bicyclic) bond motifs is 1. The third-order valence-electron chi connectivity index (χ3n) is 9.22. The van der Waals surface area contributed by atoms with Crippen molar-refractivity contribution in [1.82, 2.24) is 24.9 Å². The number of benzene rings is 1. The lowest BCUT2D eigenvalue weighted by Gasteiger charge is -2.42. The minimum absolute atomic E-state index is 0.100. The Bertz CT molecular complexity index is 1280. The van der Waals surface area contributed by atoms with Gasteiger partial charge in [-0.05, 0) is 71.6 Å². The first-order chi connectivity index (χ1) is 21.5. The number of nitrogens with one attached hydrogen (secondary N) is 2. The minimum atomic E-state index is -0.963. The molecule has 1 aromatic rings. The van der Waals surface area contributed by atoms with Crippen molar-refractivity contribution in [3.63, 3.8) is 0 Å². The number of piperazine rings is 1. The molecule has 0 saturated carbocycles. The van der Waals surface area contributed by atoms with Crippen LogP contribution in [0.25, 0.3) is 0 Å². The second-order valence-corrected chi connectivity index (χ2v) is 13.6. The van der Waals surface area contributed by atoms with Crippen molar-refractivity contribution in [3.8, 4) is 0 Å². The van der Waals surface area contributed by atoms with E-state index in [0.29, 0.717) is 29.4 Å². The van der Waals surface area contributed by atoms with Gasteiger partial charge in [0.25, 0.3) is 11.8 Å². The molecule has 0 aliphatic carbocycles. The van der Waals surface area contributed by atoms with Gasteiger partial charge >= 0.3 is 6.09 Å². The smallest absolute Gasteiger partial charge is 0.410 e. The van der Waals surface area contributed by atoms with E-state index in [4.69, 9.17) is 4.74 Å². The molecule has 12 nitrogen and oxygen atoms in total. The summed E-state index contributed by atoms with van der Waals surface area (Å²) < 4.78 is 5.53. The van der Waals surface area contributed by atoms with Gasteiger partial charge in [-0.25, -0.2) is 4.79 Å². The van der Waals surface area contributed by atoms with E-state index in [1.54, 1.807) is 18.2 Å². The van der Waals surface area contributed by atoms with Crippen LogP contribution >= 0.6 is 0 Å². The third kappa shape index (κ3) is 8.02. The molecule has 45 heavy (non-hydrogen) atoms. The molecule has 12 heteroatoms. The monoisotopic (exact) mass is 624 g/mol. The van der Waals surface area contributed by atoms with E-state index in [9.17, 15) is 24.0 Å². The molecule has 3 saturated heterocycles. The molecule has 0 radical (unpaired) electrons. The summed E-state index contributed by atoms with van der Waals surface area (Å²) in [6, 6.07) is 4.73. The Balaban J connectivity index is 0.964. The molecule has 1 unspecified atom stereocenters. The van der Waals surface area contributed by atoms with Crippen LogP contribution in [0.2, 0.25) is 0 Å². The molecule has 0 spiro atoms. The van der Waals surface area contributed by atoms with Crippen LogP contribution in [0.4, 0.5) is 10.5 Å². The fraction of sp³-hybridized carbons (Fsp3) is 0.667. The Labute approximate surface area is 265 Å². The molecule has 1 atom stereocenters. The number of hydrogen-bond donors (Lipinski definition) is 2. The van der Waals surface area contributed by atoms with E-state index in [1.165, 1.54) is 0 Å². The quantitative estimate of drug-likeness (QED) is 0.298. The van der Waals surface area contributed by atoms with E-state index < -0.39 is 29.4 Å². The van der Waals surface area contributed by atoms with E-state index in [2.05, 4.69) is 20.4 Å². The zero-order chi connectivity index (χ0) is 32.1. The predicted octanol–water partition coefficient (Wildman–Crippen LogP) is 3.08. The first-order valence-electron chi connectivity index (χ1n) is 16.5. The number of imide groups is 2. The summed E-state index contributed by atoms with van der Waals surface area (Å²) in [5, 5.41) is 5.57. The summed E-state index contributed by atoms with van der Waals surface area (Å²) in [5.41, 5.74) is 0.744. The molecular weight excluding hydrogens is 576 g/mol. The number of unbranched alkanes of at least 4 members (excludes halogenated alkanes) is 3. The molecule has 0 bridgehead atoms. The number of anilines is 1. The van der Waals surface area contributed by atoms with Crippen molar-refractivity contribution in [2.24, 2.45) is 0 Å². The Hall–Kier alpha value is -3.51. The van der Waals surface area contributed by atoms with Gasteiger partial charge in [-0.2, -0.15) is 0 Å². The summed E-state index contributed by atoms with van der Waals surface area (Å²) in [4.78, 5) is 70.5. The Morgan fingerprint density at radius 1 is 0.911 bits per heavy atom. The number of amides is 5. The van der Waals surface area contributed by atoms with Gasteiger partial charge in [0.2, 0.25) is 11.8 Å². The highest BCUT2D eigenvalue weighted by Crippen LogP contribution is 2.32. The largest absolute Gasteiger partial charge is 0.444 e. The van der Waals surface area contributed by atoms with Crippen molar-refractivity contribution in [2.75, 3.05) is 57.7 Å². The van der Waals surface area contributed by atoms with Crippen molar-refractivity contribution in [2.45, 2.75) is 89.8 Å². The van der Waals surface area contributed by atoms with E-state index >= 15 is 0 Å².